The minimum Gasteiger partial charge on any atom is -0.496 e. The number of para-hydroxylation sites is 1. The van der Waals surface area contributed by atoms with E-state index in [1.54, 1.807) is 43.2 Å². The Morgan fingerprint density at radius 2 is 1.76 bits per heavy atom. The van der Waals surface area contributed by atoms with E-state index in [9.17, 15) is 14.9 Å². The SMILES string of the molecule is COc1ccc(/C=C/C(=O)c2ccc3c(c2)Nc2ccccc2S3)cc1COc1ccc([N+](=O)[O-])cc1. The van der Waals surface area contributed by atoms with Crippen LogP contribution in [-0.2, 0) is 6.61 Å². The number of nitro benzene ring substituents is 1. The van der Waals surface area contributed by atoms with E-state index in [0.717, 1.165) is 32.3 Å². The number of benzene rings is 4. The number of ketones is 1. The summed E-state index contributed by atoms with van der Waals surface area (Å²) in [6.07, 6.45) is 3.31. The van der Waals surface area contributed by atoms with Crippen molar-refractivity contribution in [3.05, 3.63) is 118 Å². The summed E-state index contributed by atoms with van der Waals surface area (Å²) in [6, 6.07) is 25.2. The maximum absolute atomic E-state index is 12.9. The third-order valence-electron chi connectivity index (χ3n) is 5.81. The molecular formula is C29H22N2O5S. The van der Waals surface area contributed by atoms with E-state index in [1.807, 2.05) is 54.6 Å². The van der Waals surface area contributed by atoms with Crippen LogP contribution in [0.2, 0.25) is 0 Å². The van der Waals surface area contributed by atoms with Crippen LogP contribution in [0, 0.1) is 10.1 Å². The molecule has 0 atom stereocenters. The lowest BCUT2D eigenvalue weighted by molar-refractivity contribution is -0.384. The number of allylic oxidation sites excluding steroid dienone is 1. The average molecular weight is 511 g/mol. The number of nitro groups is 1. The van der Waals surface area contributed by atoms with Gasteiger partial charge in [0, 0.05) is 33.1 Å². The second-order valence-corrected chi connectivity index (χ2v) is 9.33. The molecule has 0 spiro atoms. The molecule has 5 rings (SSSR count). The van der Waals surface area contributed by atoms with Crippen LogP contribution >= 0.6 is 11.8 Å². The highest BCUT2D eigenvalue weighted by atomic mass is 32.2. The van der Waals surface area contributed by atoms with Crippen LogP contribution in [0.1, 0.15) is 21.5 Å². The molecule has 0 saturated carbocycles. The van der Waals surface area contributed by atoms with Gasteiger partial charge in [-0.1, -0.05) is 36.0 Å². The van der Waals surface area contributed by atoms with Gasteiger partial charge in [0.1, 0.15) is 18.1 Å². The van der Waals surface area contributed by atoms with Crippen molar-refractivity contribution in [2.75, 3.05) is 12.4 Å². The highest BCUT2D eigenvalue weighted by Gasteiger charge is 2.16. The molecule has 1 aliphatic heterocycles. The Hall–Kier alpha value is -4.56. The number of nitrogens with one attached hydrogen (secondary N) is 1. The molecule has 8 heteroatoms. The van der Waals surface area contributed by atoms with Gasteiger partial charge in [-0.15, -0.1) is 0 Å². The number of anilines is 2. The minimum atomic E-state index is -0.456. The van der Waals surface area contributed by atoms with Gasteiger partial charge < -0.3 is 14.8 Å². The molecule has 0 aliphatic carbocycles. The summed E-state index contributed by atoms with van der Waals surface area (Å²) in [5, 5.41) is 14.2. The quantitative estimate of drug-likeness (QED) is 0.101. The average Bonchev–Trinajstić information content (AvgIpc) is 2.93. The predicted octanol–water partition coefficient (Wildman–Crippen LogP) is 7.29. The highest BCUT2D eigenvalue weighted by Crippen LogP contribution is 2.44. The van der Waals surface area contributed by atoms with Crippen molar-refractivity contribution in [3.8, 4) is 11.5 Å². The summed E-state index contributed by atoms with van der Waals surface area (Å²) in [5.41, 5.74) is 4.14. The third-order valence-corrected chi connectivity index (χ3v) is 6.97. The molecule has 0 aromatic heterocycles. The van der Waals surface area contributed by atoms with Crippen LogP contribution in [0.3, 0.4) is 0 Å². The smallest absolute Gasteiger partial charge is 0.269 e. The van der Waals surface area contributed by atoms with Crippen LogP contribution in [0.15, 0.2) is 101 Å². The standard InChI is InChI=1S/C29H22N2O5S/c1-35-27-14-7-19(16-21(27)18-36-23-11-9-22(10-12-23)31(33)34)6-13-26(32)20-8-15-29-25(17-20)30-24-4-2-3-5-28(24)37-29/h2-17,30H,18H2,1H3/b13-6+. The minimum absolute atomic E-state index is 0.00000978. The molecule has 37 heavy (non-hydrogen) atoms. The summed E-state index contributed by atoms with van der Waals surface area (Å²) >= 11 is 1.68. The van der Waals surface area contributed by atoms with E-state index in [0.29, 0.717) is 17.1 Å². The zero-order valence-corrected chi connectivity index (χ0v) is 20.7. The van der Waals surface area contributed by atoms with Crippen molar-refractivity contribution in [1.29, 1.82) is 0 Å². The van der Waals surface area contributed by atoms with Crippen molar-refractivity contribution in [2.45, 2.75) is 16.4 Å². The number of hydrogen-bond acceptors (Lipinski definition) is 7. The van der Waals surface area contributed by atoms with Gasteiger partial charge in [0.2, 0.25) is 0 Å². The molecule has 1 heterocycles. The zero-order valence-electron chi connectivity index (χ0n) is 19.8. The van der Waals surface area contributed by atoms with E-state index >= 15 is 0 Å². The molecular weight excluding hydrogens is 488 g/mol. The van der Waals surface area contributed by atoms with Gasteiger partial charge >= 0.3 is 0 Å². The van der Waals surface area contributed by atoms with Crippen molar-refractivity contribution < 1.29 is 19.2 Å². The monoisotopic (exact) mass is 510 g/mol. The van der Waals surface area contributed by atoms with E-state index in [1.165, 1.54) is 12.1 Å². The summed E-state index contributed by atoms with van der Waals surface area (Å²) in [5.74, 6) is 1.04. The zero-order chi connectivity index (χ0) is 25.8. The van der Waals surface area contributed by atoms with Crippen LogP contribution in [0.5, 0.6) is 11.5 Å². The van der Waals surface area contributed by atoms with Gasteiger partial charge in [-0.2, -0.15) is 0 Å². The third kappa shape index (κ3) is 5.49. The Labute approximate surface area is 217 Å². The summed E-state index contributed by atoms with van der Waals surface area (Å²) < 4.78 is 11.2. The van der Waals surface area contributed by atoms with Gasteiger partial charge in [0.25, 0.3) is 5.69 Å². The number of carbonyl (C=O) groups is 1. The molecule has 0 fully saturated rings. The number of ether oxygens (including phenoxy) is 2. The second-order valence-electron chi connectivity index (χ2n) is 8.24. The van der Waals surface area contributed by atoms with Crippen LogP contribution < -0.4 is 14.8 Å². The lowest BCUT2D eigenvalue weighted by atomic mass is 10.1. The van der Waals surface area contributed by atoms with E-state index in [-0.39, 0.29) is 18.1 Å². The lowest BCUT2D eigenvalue weighted by Crippen LogP contribution is -2.02. The molecule has 0 unspecified atom stereocenters. The Balaban J connectivity index is 1.28. The number of fused-ring (bicyclic) bond motifs is 2. The fraction of sp³-hybridized carbons (Fsp3) is 0.0690. The Bertz CT molecular complexity index is 1520. The van der Waals surface area contributed by atoms with Gasteiger partial charge in [0.15, 0.2) is 5.78 Å². The molecule has 1 aliphatic rings. The first-order valence-electron chi connectivity index (χ1n) is 11.4. The molecule has 0 radical (unpaired) electrons. The number of non-ortho nitro benzene ring substituents is 1. The summed E-state index contributed by atoms with van der Waals surface area (Å²) in [7, 11) is 1.57. The normalized spacial score (nSPS) is 11.8. The fourth-order valence-corrected chi connectivity index (χ4v) is 4.87. The van der Waals surface area contributed by atoms with Crippen molar-refractivity contribution >= 4 is 40.7 Å². The number of rotatable bonds is 8. The molecule has 0 amide bonds. The number of methoxy groups -OCH3 is 1. The number of nitrogens with zero attached hydrogens (tertiary/aromatic N) is 1. The molecule has 0 saturated heterocycles. The Kier molecular flexibility index (Phi) is 6.91. The maximum atomic E-state index is 12.9. The molecule has 0 bridgehead atoms. The molecule has 4 aromatic carbocycles. The predicted molar refractivity (Wildman–Crippen MR) is 144 cm³/mol. The van der Waals surface area contributed by atoms with E-state index in [2.05, 4.69) is 11.4 Å². The van der Waals surface area contributed by atoms with E-state index in [4.69, 9.17) is 9.47 Å². The van der Waals surface area contributed by atoms with Gasteiger partial charge in [-0.25, -0.2) is 0 Å². The first-order valence-corrected chi connectivity index (χ1v) is 12.3. The van der Waals surface area contributed by atoms with Gasteiger partial charge in [-0.3, -0.25) is 14.9 Å². The number of hydrogen-bond donors (Lipinski definition) is 1. The summed E-state index contributed by atoms with van der Waals surface area (Å²) in [6.45, 7) is 0.201. The van der Waals surface area contributed by atoms with E-state index < -0.39 is 4.92 Å². The summed E-state index contributed by atoms with van der Waals surface area (Å²) in [4.78, 5) is 25.5. The van der Waals surface area contributed by atoms with Gasteiger partial charge in [0.05, 0.1) is 23.4 Å². The Morgan fingerprint density at radius 1 is 0.973 bits per heavy atom. The highest BCUT2D eigenvalue weighted by molar-refractivity contribution is 7.99. The number of carbonyl (C=O) groups excluding carboxylic acids is 1. The largest absolute Gasteiger partial charge is 0.496 e. The van der Waals surface area contributed by atoms with Crippen molar-refractivity contribution in [3.63, 3.8) is 0 Å². The first-order chi connectivity index (χ1) is 18.0. The first kappa shape index (κ1) is 24.1. The van der Waals surface area contributed by atoms with Crippen LogP contribution in [-0.4, -0.2) is 17.8 Å². The van der Waals surface area contributed by atoms with Crippen molar-refractivity contribution in [2.24, 2.45) is 0 Å². The topological polar surface area (TPSA) is 90.7 Å². The lowest BCUT2D eigenvalue weighted by Gasteiger charge is -2.20. The van der Waals surface area contributed by atoms with Crippen molar-refractivity contribution in [1.82, 2.24) is 0 Å². The van der Waals surface area contributed by atoms with Crippen LogP contribution in [0.25, 0.3) is 6.08 Å². The van der Waals surface area contributed by atoms with Crippen LogP contribution in [0.4, 0.5) is 17.1 Å². The molecule has 1 N–H and O–H groups in total. The molecule has 7 nitrogen and oxygen atoms in total. The molecule has 4 aromatic rings. The van der Waals surface area contributed by atoms with Gasteiger partial charge in [-0.05, 0) is 66.2 Å². The fourth-order valence-electron chi connectivity index (χ4n) is 3.90. The Morgan fingerprint density at radius 3 is 2.54 bits per heavy atom. The maximum Gasteiger partial charge on any atom is 0.269 e. The molecule has 184 valence electrons. The second kappa shape index (κ2) is 10.6.